The lowest BCUT2D eigenvalue weighted by Crippen LogP contribution is -2.62. The molecule has 0 saturated carbocycles. The van der Waals surface area contributed by atoms with Crippen LogP contribution in [0.2, 0.25) is 0 Å². The summed E-state index contributed by atoms with van der Waals surface area (Å²) in [7, 11) is 0. The molecule has 0 bridgehead atoms. The van der Waals surface area contributed by atoms with Gasteiger partial charge in [-0.15, -0.1) is 0 Å². The molecule has 4 aliphatic rings. The van der Waals surface area contributed by atoms with Crippen LogP contribution in [0.3, 0.4) is 0 Å². The first kappa shape index (κ1) is 34.1. The topological polar surface area (TPSA) is 112 Å². The Morgan fingerprint density at radius 1 is 0.492 bits per heavy atom. The highest BCUT2D eigenvalue weighted by Gasteiger charge is 2.51. The van der Waals surface area contributed by atoms with Gasteiger partial charge in [0.25, 0.3) is 0 Å². The van der Waals surface area contributed by atoms with Crippen molar-refractivity contribution in [1.29, 1.82) is 0 Å². The van der Waals surface area contributed by atoms with Crippen LogP contribution in [0, 0.1) is 0 Å². The number of hydrogen-bond acceptors (Lipinski definition) is 8. The second kappa shape index (κ2) is 11.6. The van der Waals surface area contributed by atoms with Gasteiger partial charge >= 0.3 is 6.96 Å². The normalized spacial score (nSPS) is 16.0. The number of benzene rings is 8. The Morgan fingerprint density at radius 2 is 0.881 bits per heavy atom. The van der Waals surface area contributed by atoms with E-state index in [9.17, 15) is 19.8 Å². The van der Waals surface area contributed by atoms with Gasteiger partial charge < -0.3 is 28.8 Å². The second-order valence-corrected chi connectivity index (χ2v) is 16.5. The monoisotopic (exact) mass is 775 g/mol. The molecule has 288 valence electrons. The number of ketones is 2. The zero-order valence-corrected chi connectivity index (χ0v) is 32.7. The second-order valence-electron chi connectivity index (χ2n) is 16.5. The van der Waals surface area contributed by atoms with Gasteiger partial charge in [-0.25, -0.2) is 0 Å². The van der Waals surface area contributed by atoms with Crippen LogP contribution in [-0.4, -0.2) is 28.7 Å². The Labute approximate surface area is 338 Å². The lowest BCUT2D eigenvalue weighted by atomic mass is 9.77. The van der Waals surface area contributed by atoms with Gasteiger partial charge in [0.05, 0.1) is 44.9 Å². The molecule has 0 radical (unpaired) electrons. The van der Waals surface area contributed by atoms with Gasteiger partial charge in [0.2, 0.25) is 0 Å². The van der Waals surface area contributed by atoms with Gasteiger partial charge in [-0.2, -0.15) is 0 Å². The number of carbonyl (C=O) groups is 2. The van der Waals surface area contributed by atoms with E-state index in [-0.39, 0.29) is 46.0 Å². The summed E-state index contributed by atoms with van der Waals surface area (Å²) in [5.41, 5.74) is 5.57. The van der Waals surface area contributed by atoms with Crippen LogP contribution in [0.5, 0.6) is 34.5 Å². The number of fused-ring (bicyclic) bond motifs is 8. The van der Waals surface area contributed by atoms with Crippen molar-refractivity contribution in [2.24, 2.45) is 0 Å². The smallest absolute Gasteiger partial charge is 0.611 e. The fraction of sp³-hybridized carbons (Fsp3) is 0.160. The Bertz CT molecular complexity index is 3090. The van der Waals surface area contributed by atoms with Crippen molar-refractivity contribution in [3.05, 3.63) is 130 Å². The standard InChI is InChI=1S/C50H36BO8/c1-5-23(3)25-19-33-41(35(52)21-25)47(54)31-15-7-11-27-29-13-9-17-37-43(29)49(45(33)39(27)31)58-51(56-37)57-38-18-10-14-30-28-12-8-16-32-40(28)46(50(59-51)44(30)38)34-20-26(24(4)6-2)22-36(53)42(34)48(32)55/h7-24,52-53H,5-6H2,1-4H3/q-1/t23-,24-,51?/m0/s1. The summed E-state index contributed by atoms with van der Waals surface area (Å²) in [5, 5.41) is 29.3. The molecule has 8 aromatic carbocycles. The number of phenols is 2. The van der Waals surface area contributed by atoms with Crippen molar-refractivity contribution in [2.45, 2.75) is 52.4 Å². The van der Waals surface area contributed by atoms with Gasteiger partial charge in [0, 0.05) is 44.2 Å². The maximum absolute atomic E-state index is 14.4. The van der Waals surface area contributed by atoms with E-state index in [1.807, 2.05) is 72.8 Å². The van der Waals surface area contributed by atoms with Crippen molar-refractivity contribution >= 4 is 61.6 Å². The molecule has 1 spiro atoms. The number of carbonyl (C=O) groups excluding carboxylic acids is 2. The maximum atomic E-state index is 14.4. The predicted molar refractivity (Wildman–Crippen MR) is 230 cm³/mol. The molecule has 0 unspecified atom stereocenters. The van der Waals surface area contributed by atoms with E-state index >= 15 is 0 Å². The minimum absolute atomic E-state index is 0.0842. The summed E-state index contributed by atoms with van der Waals surface area (Å²) in [6, 6.07) is 30.2. The summed E-state index contributed by atoms with van der Waals surface area (Å²) in [4.78, 5) is 28.7. The third-order valence-electron chi connectivity index (χ3n) is 13.4. The van der Waals surface area contributed by atoms with Crippen LogP contribution in [-0.2, 0) is 0 Å². The first-order valence-corrected chi connectivity index (χ1v) is 20.4. The molecule has 2 aliphatic carbocycles. The van der Waals surface area contributed by atoms with Gasteiger partial charge in [-0.3, -0.25) is 9.59 Å². The highest BCUT2D eigenvalue weighted by atomic mass is 16.9. The lowest BCUT2D eigenvalue weighted by Gasteiger charge is -2.48. The summed E-state index contributed by atoms with van der Waals surface area (Å²) in [5.74, 6) is 1.27. The molecule has 2 atom stereocenters. The Morgan fingerprint density at radius 3 is 1.29 bits per heavy atom. The number of phenolic OH excluding ortho intramolecular Hbond substituents is 2. The third-order valence-corrected chi connectivity index (χ3v) is 13.4. The molecule has 0 saturated heterocycles. The highest BCUT2D eigenvalue weighted by Crippen LogP contribution is 2.59. The SMILES string of the molecule is CC[C@H](C)c1cc(O)c2c(c1)-c1c3c4c(cccc4c4cccc(c14)C2=O)O[B-]1(Oc2cccc4c2c(c2c5c(cccc54)C(=O)c4c(O)cc([C@@H](C)CC)cc4-2)O1)O3. The first-order chi connectivity index (χ1) is 28.6. The maximum Gasteiger partial charge on any atom is 0.777 e. The summed E-state index contributed by atoms with van der Waals surface area (Å²) in [6.07, 6.45) is 1.67. The first-order valence-electron chi connectivity index (χ1n) is 20.4. The molecule has 8 aromatic rings. The molecule has 9 heteroatoms. The van der Waals surface area contributed by atoms with Crippen molar-refractivity contribution < 1.29 is 38.4 Å². The summed E-state index contributed by atoms with van der Waals surface area (Å²) >= 11 is 0. The van der Waals surface area contributed by atoms with E-state index in [0.29, 0.717) is 77.9 Å². The Hall–Kier alpha value is -7.00. The summed E-state index contributed by atoms with van der Waals surface area (Å²) in [6.45, 7) is 5.19. The molecule has 2 N–H and O–H groups in total. The average molecular weight is 776 g/mol. The zero-order valence-electron chi connectivity index (χ0n) is 32.7. The van der Waals surface area contributed by atoms with Crippen molar-refractivity contribution in [3.8, 4) is 56.8 Å². The van der Waals surface area contributed by atoms with Crippen molar-refractivity contribution in [3.63, 3.8) is 0 Å². The van der Waals surface area contributed by atoms with Crippen LogP contribution in [0.1, 0.15) is 95.3 Å². The summed E-state index contributed by atoms with van der Waals surface area (Å²) < 4.78 is 28.0. The fourth-order valence-electron chi connectivity index (χ4n) is 10.1. The van der Waals surface area contributed by atoms with E-state index in [4.69, 9.17) is 18.6 Å². The van der Waals surface area contributed by atoms with Gasteiger partial charge in [0.15, 0.2) is 11.6 Å². The van der Waals surface area contributed by atoms with Crippen LogP contribution in [0.25, 0.3) is 65.3 Å². The van der Waals surface area contributed by atoms with Crippen LogP contribution >= 0.6 is 0 Å². The van der Waals surface area contributed by atoms with Crippen LogP contribution < -0.4 is 18.6 Å². The lowest BCUT2D eigenvalue weighted by molar-refractivity contribution is 0.102. The minimum atomic E-state index is -3.19. The van der Waals surface area contributed by atoms with Gasteiger partial charge in [-0.05, 0) is 93.7 Å². The van der Waals surface area contributed by atoms with Crippen molar-refractivity contribution in [2.75, 3.05) is 0 Å². The molecule has 59 heavy (non-hydrogen) atoms. The number of aromatic hydroxyl groups is 2. The molecular formula is C50H36BO8-. The number of hydrogen-bond donors (Lipinski definition) is 2. The van der Waals surface area contributed by atoms with E-state index in [1.54, 1.807) is 24.3 Å². The molecule has 0 aromatic heterocycles. The van der Waals surface area contributed by atoms with E-state index < -0.39 is 6.96 Å². The van der Waals surface area contributed by atoms with E-state index in [2.05, 4.69) is 27.7 Å². The predicted octanol–water partition coefficient (Wildman–Crippen LogP) is 11.8. The van der Waals surface area contributed by atoms with Crippen LogP contribution in [0.4, 0.5) is 0 Å². The fourth-order valence-corrected chi connectivity index (χ4v) is 10.1. The highest BCUT2D eigenvalue weighted by molar-refractivity contribution is 6.60. The van der Waals surface area contributed by atoms with Gasteiger partial charge in [-0.1, -0.05) is 88.4 Å². The molecular weight excluding hydrogens is 739 g/mol. The van der Waals surface area contributed by atoms with Crippen LogP contribution in [0.15, 0.2) is 97.1 Å². The average Bonchev–Trinajstić information content (AvgIpc) is 3.24. The molecule has 0 amide bonds. The molecule has 12 rings (SSSR count). The minimum Gasteiger partial charge on any atom is -0.611 e. The van der Waals surface area contributed by atoms with Crippen molar-refractivity contribution in [1.82, 2.24) is 0 Å². The molecule has 8 nitrogen and oxygen atoms in total. The van der Waals surface area contributed by atoms with Gasteiger partial charge in [0.1, 0.15) is 11.5 Å². The Balaban J connectivity index is 1.16. The molecule has 2 aliphatic heterocycles. The third kappa shape index (κ3) is 4.29. The largest absolute Gasteiger partial charge is 0.777 e. The molecule has 2 heterocycles. The molecule has 0 fully saturated rings. The Kier molecular flexibility index (Phi) is 6.68. The zero-order chi connectivity index (χ0) is 40.2. The number of rotatable bonds is 4. The quantitative estimate of drug-likeness (QED) is 0.134. The van der Waals surface area contributed by atoms with E-state index in [0.717, 1.165) is 45.5 Å². The van der Waals surface area contributed by atoms with E-state index in [1.165, 1.54) is 0 Å².